The number of nitrogens with two attached hydrogens (primary N) is 1. The molecule has 1 aromatic carbocycles. The SMILES string of the molecule is CN(CCOCc1ccccc1)C(=O)C1CCC(N)C1. The van der Waals surface area contributed by atoms with Crippen molar-refractivity contribution in [1.82, 2.24) is 4.90 Å². The second kappa shape index (κ2) is 7.41. The van der Waals surface area contributed by atoms with Crippen LogP contribution in [0.25, 0.3) is 0 Å². The highest BCUT2D eigenvalue weighted by Crippen LogP contribution is 2.25. The maximum atomic E-state index is 12.2. The van der Waals surface area contributed by atoms with Crippen LogP contribution in [0, 0.1) is 5.92 Å². The summed E-state index contributed by atoms with van der Waals surface area (Å²) in [6, 6.07) is 10.3. The lowest BCUT2D eigenvalue weighted by molar-refractivity contribution is -0.134. The highest BCUT2D eigenvalue weighted by molar-refractivity contribution is 5.78. The molecule has 4 heteroatoms. The summed E-state index contributed by atoms with van der Waals surface area (Å²) in [6.45, 7) is 1.80. The van der Waals surface area contributed by atoms with Crippen LogP contribution in [0.5, 0.6) is 0 Å². The second-order valence-electron chi connectivity index (χ2n) is 5.57. The molecule has 2 atom stereocenters. The molecule has 2 rings (SSSR count). The lowest BCUT2D eigenvalue weighted by Crippen LogP contribution is -2.35. The number of rotatable bonds is 6. The topological polar surface area (TPSA) is 55.6 Å². The van der Waals surface area contributed by atoms with E-state index in [1.807, 2.05) is 37.4 Å². The van der Waals surface area contributed by atoms with Crippen molar-refractivity contribution in [3.63, 3.8) is 0 Å². The smallest absolute Gasteiger partial charge is 0.225 e. The van der Waals surface area contributed by atoms with E-state index in [4.69, 9.17) is 10.5 Å². The fraction of sp³-hybridized carbons (Fsp3) is 0.562. The number of carbonyl (C=O) groups is 1. The minimum Gasteiger partial charge on any atom is -0.375 e. The van der Waals surface area contributed by atoms with Crippen molar-refractivity contribution < 1.29 is 9.53 Å². The van der Waals surface area contributed by atoms with Crippen molar-refractivity contribution in [2.24, 2.45) is 11.7 Å². The summed E-state index contributed by atoms with van der Waals surface area (Å²) in [7, 11) is 1.85. The molecule has 0 radical (unpaired) electrons. The van der Waals surface area contributed by atoms with Crippen molar-refractivity contribution >= 4 is 5.91 Å². The first-order valence-electron chi connectivity index (χ1n) is 7.29. The van der Waals surface area contributed by atoms with E-state index in [9.17, 15) is 4.79 Å². The Kier molecular flexibility index (Phi) is 5.56. The van der Waals surface area contributed by atoms with E-state index in [0.29, 0.717) is 19.8 Å². The lowest BCUT2D eigenvalue weighted by atomic mass is 10.1. The molecule has 0 spiro atoms. The van der Waals surface area contributed by atoms with Crippen LogP contribution in [-0.2, 0) is 16.1 Å². The van der Waals surface area contributed by atoms with Crippen LogP contribution < -0.4 is 5.73 Å². The number of hydrogen-bond donors (Lipinski definition) is 1. The predicted octanol–water partition coefficient (Wildman–Crippen LogP) is 1.79. The maximum Gasteiger partial charge on any atom is 0.225 e. The van der Waals surface area contributed by atoms with E-state index in [2.05, 4.69) is 0 Å². The van der Waals surface area contributed by atoms with E-state index in [1.54, 1.807) is 4.90 Å². The largest absolute Gasteiger partial charge is 0.375 e. The fourth-order valence-corrected chi connectivity index (χ4v) is 2.63. The van der Waals surface area contributed by atoms with Crippen LogP contribution >= 0.6 is 0 Å². The number of benzene rings is 1. The predicted molar refractivity (Wildman–Crippen MR) is 79.1 cm³/mol. The van der Waals surface area contributed by atoms with E-state index >= 15 is 0 Å². The van der Waals surface area contributed by atoms with Crippen molar-refractivity contribution in [2.45, 2.75) is 31.9 Å². The number of likely N-dealkylation sites (N-methyl/N-ethyl adjacent to an activating group) is 1. The Labute approximate surface area is 120 Å². The zero-order chi connectivity index (χ0) is 14.4. The molecular formula is C16H24N2O2. The molecule has 110 valence electrons. The third-order valence-electron chi connectivity index (χ3n) is 3.88. The van der Waals surface area contributed by atoms with Gasteiger partial charge in [-0.3, -0.25) is 4.79 Å². The van der Waals surface area contributed by atoms with Crippen LogP contribution in [0.1, 0.15) is 24.8 Å². The van der Waals surface area contributed by atoms with E-state index < -0.39 is 0 Å². The first kappa shape index (κ1) is 15.0. The van der Waals surface area contributed by atoms with Gasteiger partial charge in [0.1, 0.15) is 0 Å². The number of carbonyl (C=O) groups excluding carboxylic acids is 1. The van der Waals surface area contributed by atoms with Crippen molar-refractivity contribution in [3.05, 3.63) is 35.9 Å². The van der Waals surface area contributed by atoms with Crippen LogP contribution in [0.3, 0.4) is 0 Å². The summed E-state index contributed by atoms with van der Waals surface area (Å²) in [4.78, 5) is 13.9. The summed E-state index contributed by atoms with van der Waals surface area (Å²) in [5.74, 6) is 0.324. The standard InChI is InChI=1S/C16H24N2O2/c1-18(16(19)14-7-8-15(17)11-14)9-10-20-12-13-5-3-2-4-6-13/h2-6,14-15H,7-12,17H2,1H3. The Morgan fingerprint density at radius 1 is 1.35 bits per heavy atom. The Bertz CT molecular complexity index is 422. The van der Waals surface area contributed by atoms with Crippen molar-refractivity contribution in [2.75, 3.05) is 20.2 Å². The number of nitrogens with zero attached hydrogens (tertiary/aromatic N) is 1. The minimum atomic E-state index is 0.115. The maximum absolute atomic E-state index is 12.2. The van der Waals surface area contributed by atoms with Gasteiger partial charge in [-0.1, -0.05) is 30.3 Å². The molecule has 0 bridgehead atoms. The molecular weight excluding hydrogens is 252 g/mol. The van der Waals surface area contributed by atoms with Crippen LogP contribution in [0.15, 0.2) is 30.3 Å². The normalized spacial score (nSPS) is 21.9. The average Bonchev–Trinajstić information content (AvgIpc) is 2.90. The molecule has 4 nitrogen and oxygen atoms in total. The zero-order valence-electron chi connectivity index (χ0n) is 12.1. The van der Waals surface area contributed by atoms with Gasteiger partial charge in [0.15, 0.2) is 0 Å². The highest BCUT2D eigenvalue weighted by Gasteiger charge is 2.29. The summed E-state index contributed by atoms with van der Waals surface area (Å²) in [5, 5.41) is 0. The molecule has 0 saturated heterocycles. The van der Waals surface area contributed by atoms with Crippen molar-refractivity contribution in [1.29, 1.82) is 0 Å². The fourth-order valence-electron chi connectivity index (χ4n) is 2.63. The number of hydrogen-bond acceptors (Lipinski definition) is 3. The van der Waals surface area contributed by atoms with Gasteiger partial charge in [-0.2, -0.15) is 0 Å². The van der Waals surface area contributed by atoms with Gasteiger partial charge in [0.25, 0.3) is 0 Å². The Hall–Kier alpha value is -1.39. The Morgan fingerprint density at radius 3 is 2.75 bits per heavy atom. The third-order valence-corrected chi connectivity index (χ3v) is 3.88. The third kappa shape index (κ3) is 4.32. The quantitative estimate of drug-likeness (QED) is 0.806. The van der Waals surface area contributed by atoms with Gasteiger partial charge in [-0.05, 0) is 24.8 Å². The molecule has 0 heterocycles. The summed E-state index contributed by atoms with van der Waals surface area (Å²) in [6.07, 6.45) is 2.72. The van der Waals surface area contributed by atoms with Gasteiger partial charge >= 0.3 is 0 Å². The van der Waals surface area contributed by atoms with Crippen LogP contribution in [-0.4, -0.2) is 37.0 Å². The zero-order valence-corrected chi connectivity index (χ0v) is 12.1. The average molecular weight is 276 g/mol. The molecule has 0 aliphatic heterocycles. The molecule has 2 N–H and O–H groups in total. The van der Waals surface area contributed by atoms with E-state index in [1.165, 1.54) is 0 Å². The van der Waals surface area contributed by atoms with Gasteiger partial charge in [0.05, 0.1) is 13.2 Å². The first-order valence-corrected chi connectivity index (χ1v) is 7.29. The summed E-state index contributed by atoms with van der Waals surface area (Å²) < 4.78 is 5.61. The van der Waals surface area contributed by atoms with Gasteiger partial charge < -0.3 is 15.4 Å². The highest BCUT2D eigenvalue weighted by atomic mass is 16.5. The van der Waals surface area contributed by atoms with Gasteiger partial charge in [-0.15, -0.1) is 0 Å². The number of amides is 1. The first-order chi connectivity index (χ1) is 9.66. The molecule has 0 aromatic heterocycles. The minimum absolute atomic E-state index is 0.115. The molecule has 1 aliphatic carbocycles. The molecule has 20 heavy (non-hydrogen) atoms. The Morgan fingerprint density at radius 2 is 2.10 bits per heavy atom. The second-order valence-corrected chi connectivity index (χ2v) is 5.57. The molecule has 1 amide bonds. The number of ether oxygens (including phenoxy) is 1. The summed E-state index contributed by atoms with van der Waals surface area (Å²) >= 11 is 0. The molecule has 1 saturated carbocycles. The van der Waals surface area contributed by atoms with Crippen LogP contribution in [0.2, 0.25) is 0 Å². The van der Waals surface area contributed by atoms with Gasteiger partial charge in [0, 0.05) is 25.6 Å². The summed E-state index contributed by atoms with van der Waals surface area (Å²) in [5.41, 5.74) is 7.01. The lowest BCUT2D eigenvalue weighted by Gasteiger charge is -2.21. The molecule has 2 unspecified atom stereocenters. The van der Waals surface area contributed by atoms with Crippen molar-refractivity contribution in [3.8, 4) is 0 Å². The van der Waals surface area contributed by atoms with E-state index in [-0.39, 0.29) is 17.9 Å². The molecule has 1 aliphatic rings. The van der Waals surface area contributed by atoms with Crippen LogP contribution in [0.4, 0.5) is 0 Å². The van der Waals surface area contributed by atoms with Gasteiger partial charge in [-0.25, -0.2) is 0 Å². The van der Waals surface area contributed by atoms with Gasteiger partial charge in [0.2, 0.25) is 5.91 Å². The van der Waals surface area contributed by atoms with E-state index in [0.717, 1.165) is 24.8 Å². The Balaban J connectivity index is 1.65. The molecule has 1 fully saturated rings. The monoisotopic (exact) mass is 276 g/mol. The molecule has 1 aromatic rings.